The highest BCUT2D eigenvalue weighted by Gasteiger charge is 2.65. The summed E-state index contributed by atoms with van der Waals surface area (Å²) in [5.74, 6) is -2.07. The molecule has 424 valence electrons. The van der Waals surface area contributed by atoms with E-state index in [1.807, 2.05) is 6.92 Å². The Bertz CT molecular complexity index is 2770. The third-order valence-corrected chi connectivity index (χ3v) is 15.3. The van der Waals surface area contributed by atoms with Crippen molar-refractivity contribution < 1.29 is 61.2 Å². The van der Waals surface area contributed by atoms with Crippen LogP contribution in [-0.4, -0.2) is 139 Å². The van der Waals surface area contributed by atoms with E-state index in [9.17, 15) is 51.8 Å². The van der Waals surface area contributed by atoms with Crippen LogP contribution in [0.1, 0.15) is 94.3 Å². The first-order valence-corrected chi connectivity index (χ1v) is 27.6. The van der Waals surface area contributed by atoms with Gasteiger partial charge in [-0.15, -0.1) is 10.2 Å². The third-order valence-electron chi connectivity index (χ3n) is 12.8. The number of thiazole rings is 1. The fourth-order valence-corrected chi connectivity index (χ4v) is 10.7. The number of nitrogens with two attached hydrogens (primary N) is 1. The molecular formula is C52H66F3N9O12S2. The molecule has 0 spiro atoms. The van der Waals surface area contributed by atoms with Gasteiger partial charge in [-0.25, -0.2) is 4.57 Å². The highest BCUT2D eigenvalue weighted by molar-refractivity contribution is 8.00. The van der Waals surface area contributed by atoms with E-state index in [4.69, 9.17) is 24.7 Å². The molecule has 4 amide bonds. The van der Waals surface area contributed by atoms with Crippen molar-refractivity contribution in [2.45, 2.75) is 106 Å². The third kappa shape index (κ3) is 17.8. The molecule has 4 heterocycles. The first-order valence-electron chi connectivity index (χ1n) is 25.7. The van der Waals surface area contributed by atoms with Gasteiger partial charge in [0.05, 0.1) is 50.4 Å². The number of thioether (sulfide) groups is 1. The van der Waals surface area contributed by atoms with Gasteiger partial charge in [0.1, 0.15) is 11.8 Å². The topological polar surface area (TPSA) is 296 Å². The number of hydrogen-bond donors (Lipinski definition) is 7. The van der Waals surface area contributed by atoms with Gasteiger partial charge in [-0.1, -0.05) is 48.9 Å². The second-order valence-corrected chi connectivity index (χ2v) is 20.7. The van der Waals surface area contributed by atoms with E-state index >= 15 is 0 Å². The summed E-state index contributed by atoms with van der Waals surface area (Å²) in [6.45, 7) is 4.54. The molecule has 0 bridgehead atoms. The van der Waals surface area contributed by atoms with Gasteiger partial charge >= 0.3 is 16.7 Å². The summed E-state index contributed by atoms with van der Waals surface area (Å²) in [6.07, 6.45) is 1.86. The highest BCUT2D eigenvalue weighted by Crippen LogP contribution is 2.52. The number of hydrogen-bond acceptors (Lipinski definition) is 17. The Morgan fingerprint density at radius 1 is 0.923 bits per heavy atom. The van der Waals surface area contributed by atoms with Crippen LogP contribution in [0.3, 0.4) is 0 Å². The molecular weight excluding hydrogens is 1060 g/mol. The van der Waals surface area contributed by atoms with Crippen molar-refractivity contribution in [1.82, 2.24) is 30.8 Å². The fraction of sp³-hybridized carbons (Fsp3) is 0.519. The minimum atomic E-state index is -4.80. The number of ether oxygens (including phenoxy) is 4. The van der Waals surface area contributed by atoms with Crippen LogP contribution in [-0.2, 0) is 53.5 Å². The number of amides is 4. The predicted molar refractivity (Wildman–Crippen MR) is 284 cm³/mol. The quantitative estimate of drug-likeness (QED) is 0.0254. The Morgan fingerprint density at radius 3 is 2.22 bits per heavy atom. The lowest BCUT2D eigenvalue weighted by atomic mass is 10.0. The SMILES string of the molecule is CCc1c[nH]c(CCOc2ccc(Cc3sc(=O)n(C(=O)C[C@@H](NC(=O)c4ccc(C5(C(F)(F)F)N=N5)cc4)C(=O)NCCCOCCOCCOCCCNC(=O)CCCC[C@@H]4SC[C@H](NC=O)[C@@H]4N)c3O)cc2)cc1=O. The second-order valence-electron chi connectivity index (χ2n) is 18.4. The number of nitrogens with one attached hydrogen (secondary N) is 5. The van der Waals surface area contributed by atoms with Crippen molar-refractivity contribution >= 4 is 53.1 Å². The molecule has 6 rings (SSSR count). The molecule has 2 aromatic heterocycles. The van der Waals surface area contributed by atoms with Crippen LogP contribution in [0.15, 0.2) is 80.6 Å². The summed E-state index contributed by atoms with van der Waals surface area (Å²) in [5.41, 5.74) is 5.08. The number of aromatic hydroxyl groups is 1. The number of carbonyl (C=O) groups is 5. The minimum Gasteiger partial charge on any atom is -0.493 e. The lowest BCUT2D eigenvalue weighted by Gasteiger charge is -2.19. The van der Waals surface area contributed by atoms with Crippen LogP contribution in [0.4, 0.5) is 13.2 Å². The van der Waals surface area contributed by atoms with Crippen LogP contribution >= 0.6 is 23.1 Å². The summed E-state index contributed by atoms with van der Waals surface area (Å²) in [5, 5.41) is 28.4. The first-order chi connectivity index (χ1) is 37.5. The van der Waals surface area contributed by atoms with E-state index in [0.29, 0.717) is 97.7 Å². The van der Waals surface area contributed by atoms with Gasteiger partial charge in [0, 0.05) is 97.3 Å². The number of aromatic amines is 1. The van der Waals surface area contributed by atoms with Gasteiger partial charge in [-0.3, -0.25) is 33.6 Å². The number of nitrogens with zero attached hydrogens (tertiary/aromatic N) is 3. The summed E-state index contributed by atoms with van der Waals surface area (Å²) in [4.78, 5) is 91.3. The first kappa shape index (κ1) is 60.8. The molecule has 2 aromatic carbocycles. The van der Waals surface area contributed by atoms with Crippen molar-refractivity contribution in [3.05, 3.63) is 114 Å². The molecule has 2 aliphatic rings. The number of rotatable bonds is 34. The molecule has 0 unspecified atom stereocenters. The molecule has 0 aliphatic carbocycles. The Hall–Kier alpha value is -6.45. The van der Waals surface area contributed by atoms with Crippen LogP contribution in [0.25, 0.3) is 0 Å². The number of alkyl halides is 3. The molecule has 1 fully saturated rings. The maximum atomic E-state index is 13.7. The molecule has 26 heteroatoms. The number of H-pyrrole nitrogens is 1. The van der Waals surface area contributed by atoms with Crippen molar-refractivity contribution in [3.8, 4) is 11.6 Å². The molecule has 8 N–H and O–H groups in total. The lowest BCUT2D eigenvalue weighted by Crippen LogP contribution is -2.49. The van der Waals surface area contributed by atoms with Crippen LogP contribution in [0.5, 0.6) is 11.6 Å². The van der Waals surface area contributed by atoms with E-state index in [1.54, 1.807) is 48.3 Å². The molecule has 2 aliphatic heterocycles. The Morgan fingerprint density at radius 2 is 1.59 bits per heavy atom. The Balaban J connectivity index is 0.898. The predicted octanol–water partition coefficient (Wildman–Crippen LogP) is 4.27. The van der Waals surface area contributed by atoms with Gasteiger partial charge in [-0.2, -0.15) is 24.9 Å². The average molecular weight is 1130 g/mol. The average Bonchev–Trinajstić information content (AvgIpc) is 4.22. The number of carbonyl (C=O) groups excluding carboxylic acids is 5. The Kier molecular flexibility index (Phi) is 23.4. The van der Waals surface area contributed by atoms with Crippen LogP contribution < -0.4 is 42.0 Å². The highest BCUT2D eigenvalue weighted by atomic mass is 32.2. The second kappa shape index (κ2) is 30.1. The normalized spacial score (nSPS) is 16.8. The van der Waals surface area contributed by atoms with E-state index in [-0.39, 0.29) is 84.1 Å². The summed E-state index contributed by atoms with van der Waals surface area (Å²) < 4.78 is 63.8. The largest absolute Gasteiger partial charge is 0.493 e. The van der Waals surface area contributed by atoms with Crippen LogP contribution in [0.2, 0.25) is 0 Å². The number of halogens is 3. The van der Waals surface area contributed by atoms with Gasteiger partial charge in [0.2, 0.25) is 30.0 Å². The maximum Gasteiger partial charge on any atom is 0.442 e. The number of pyridine rings is 1. The molecule has 0 saturated carbocycles. The smallest absolute Gasteiger partial charge is 0.442 e. The Labute approximate surface area is 456 Å². The van der Waals surface area contributed by atoms with Crippen molar-refractivity contribution in [1.29, 1.82) is 0 Å². The van der Waals surface area contributed by atoms with E-state index in [0.717, 1.165) is 55.0 Å². The van der Waals surface area contributed by atoms with E-state index < -0.39 is 52.8 Å². The molecule has 4 aromatic rings. The van der Waals surface area contributed by atoms with Crippen molar-refractivity contribution in [3.63, 3.8) is 0 Å². The summed E-state index contributed by atoms with van der Waals surface area (Å²) in [7, 11) is 0. The zero-order valence-electron chi connectivity index (χ0n) is 43.1. The fourth-order valence-electron chi connectivity index (χ4n) is 8.29. The minimum absolute atomic E-state index is 0.00823. The van der Waals surface area contributed by atoms with Crippen LogP contribution in [0, 0.1) is 0 Å². The van der Waals surface area contributed by atoms with Gasteiger partial charge in [-0.05, 0) is 61.9 Å². The lowest BCUT2D eigenvalue weighted by molar-refractivity contribution is -0.166. The van der Waals surface area contributed by atoms with E-state index in [1.165, 1.54) is 0 Å². The monoisotopic (exact) mass is 1130 g/mol. The molecule has 0 radical (unpaired) electrons. The van der Waals surface area contributed by atoms with Crippen molar-refractivity contribution in [2.75, 3.05) is 65.1 Å². The van der Waals surface area contributed by atoms with Gasteiger partial charge < -0.3 is 56.0 Å². The van der Waals surface area contributed by atoms with Gasteiger partial charge in [0.15, 0.2) is 5.43 Å². The number of unbranched alkanes of at least 4 members (excludes halogenated alkanes) is 1. The zero-order chi connectivity index (χ0) is 56.1. The number of aromatic nitrogens is 2. The molecule has 4 atom stereocenters. The van der Waals surface area contributed by atoms with E-state index in [2.05, 4.69) is 36.5 Å². The zero-order valence-corrected chi connectivity index (χ0v) is 44.7. The molecule has 1 saturated heterocycles. The summed E-state index contributed by atoms with van der Waals surface area (Å²) in [6, 6.07) is 10.9. The van der Waals surface area contributed by atoms with Crippen molar-refractivity contribution in [2.24, 2.45) is 16.0 Å². The number of benzene rings is 2. The number of aryl methyl sites for hydroxylation is 1. The standard InChI is InChI=1S/C52H66F3N9O12S2/c1-2-34-30-59-37(28-41(34)66)17-22-76-38-15-9-33(10-16-38)27-43-49(71)64(50(72)78-43)45(68)29-39(61-47(69)35-11-13-36(14-12-35)51(62-63-51)52(53,54)55)48(70)58-19-6-21-74-24-26-75-25-23-73-20-5-18-57-44(67)8-4-3-7-42-46(56)40(31-77-42)60-32-65/h9-16,28,30,32,39-40,42,46,71H,2-8,17-27,29,31,56H2,1H3,(H,57,67)(H,58,70)(H,59,66)(H,60,65)(H,61,69)/t39-,40+,42+,46+/m1/s1. The van der Waals surface area contributed by atoms with Gasteiger partial charge in [0.25, 0.3) is 5.91 Å². The molecule has 78 heavy (non-hydrogen) atoms. The molecule has 21 nitrogen and oxygen atoms in total. The summed E-state index contributed by atoms with van der Waals surface area (Å²) >= 11 is 2.38. The maximum absolute atomic E-state index is 13.7.